The fraction of sp³-hybridized carbons (Fsp3) is 0.875. The van der Waals surface area contributed by atoms with E-state index in [1.165, 1.54) is 0 Å². The smallest absolute Gasteiger partial charge is 0.320 e. The first kappa shape index (κ1) is 11.2. The van der Waals surface area contributed by atoms with Gasteiger partial charge in [-0.3, -0.25) is 4.79 Å². The summed E-state index contributed by atoms with van der Waals surface area (Å²) in [6.45, 7) is 5.96. The van der Waals surface area contributed by atoms with Gasteiger partial charge in [-0.15, -0.1) is 0 Å². The van der Waals surface area contributed by atoms with Crippen molar-refractivity contribution < 1.29 is 7.86 Å². The molecule has 0 unspecified atom stereocenters. The predicted molar refractivity (Wildman–Crippen MR) is 53.4 cm³/mol. The number of carbonyl (C=O) groups excluding carboxylic acids is 1. The maximum Gasteiger partial charge on any atom is 0.320 e. The van der Waals surface area contributed by atoms with Gasteiger partial charge in [0, 0.05) is 0 Å². The van der Waals surface area contributed by atoms with Crippen molar-refractivity contribution in [2.24, 2.45) is 5.41 Å². The van der Waals surface area contributed by atoms with Crippen LogP contribution in [0.15, 0.2) is 0 Å². The molecule has 0 saturated heterocycles. The molecule has 0 saturated carbocycles. The Kier molecular flexibility index (Phi) is 5.04. The summed E-state index contributed by atoms with van der Waals surface area (Å²) in [4.78, 5) is 11.1. The van der Waals surface area contributed by atoms with E-state index in [9.17, 15) is 4.79 Å². The summed E-state index contributed by atoms with van der Waals surface area (Å²) in [6.07, 6.45) is 3.11. The van der Waals surface area contributed by atoms with Crippen LogP contribution in [0.4, 0.5) is 0 Å². The largest absolute Gasteiger partial charge is 0.394 e. The van der Waals surface area contributed by atoms with Crippen LogP contribution in [0.3, 0.4) is 0 Å². The van der Waals surface area contributed by atoms with Crippen LogP contribution >= 0.6 is 23.0 Å². The van der Waals surface area contributed by atoms with E-state index in [-0.39, 0.29) is 11.4 Å². The van der Waals surface area contributed by atoms with Crippen LogP contribution in [-0.2, 0) is 7.86 Å². The Morgan fingerprint density at radius 2 is 2.09 bits per heavy atom. The average molecular weight is 270 g/mol. The van der Waals surface area contributed by atoms with Gasteiger partial charge >= 0.3 is 5.97 Å². The minimum Gasteiger partial charge on any atom is -0.394 e. The molecular weight excluding hydrogens is 255 g/mol. The van der Waals surface area contributed by atoms with Crippen molar-refractivity contribution in [2.75, 3.05) is 0 Å². The molecule has 0 radical (unpaired) electrons. The lowest BCUT2D eigenvalue weighted by Crippen LogP contribution is -2.23. The van der Waals surface area contributed by atoms with Crippen LogP contribution in [0.1, 0.15) is 40.0 Å². The Balaban J connectivity index is 3.88. The fourth-order valence-corrected chi connectivity index (χ4v) is 1.42. The molecule has 11 heavy (non-hydrogen) atoms. The third-order valence-corrected chi connectivity index (χ3v) is 2.18. The summed E-state index contributed by atoms with van der Waals surface area (Å²) in [6, 6.07) is 0. The lowest BCUT2D eigenvalue weighted by molar-refractivity contribution is -0.141. The molecule has 0 fully saturated rings. The van der Waals surface area contributed by atoms with Crippen molar-refractivity contribution >= 4 is 29.0 Å². The van der Waals surface area contributed by atoms with E-state index in [1.807, 2.05) is 13.8 Å². The van der Waals surface area contributed by atoms with E-state index >= 15 is 0 Å². The van der Waals surface area contributed by atoms with E-state index in [0.717, 1.165) is 19.3 Å². The van der Waals surface area contributed by atoms with Gasteiger partial charge in [0.15, 0.2) is 23.0 Å². The third-order valence-electron chi connectivity index (χ3n) is 1.78. The van der Waals surface area contributed by atoms with E-state index in [1.54, 1.807) is 23.0 Å². The van der Waals surface area contributed by atoms with Crippen LogP contribution < -0.4 is 0 Å². The number of unbranched alkanes of at least 4 members (excludes halogenated alkanes) is 1. The molecule has 0 spiro atoms. The van der Waals surface area contributed by atoms with Crippen molar-refractivity contribution in [2.45, 2.75) is 40.0 Å². The third kappa shape index (κ3) is 3.94. The highest BCUT2D eigenvalue weighted by Gasteiger charge is 2.27. The van der Waals surface area contributed by atoms with Gasteiger partial charge in [0.2, 0.25) is 0 Å². The molecule has 3 heteroatoms. The Hall–Kier alpha value is 0.200. The number of carbonyl (C=O) groups is 1. The van der Waals surface area contributed by atoms with Crippen LogP contribution in [-0.4, -0.2) is 5.97 Å². The van der Waals surface area contributed by atoms with Gasteiger partial charge < -0.3 is 3.07 Å². The SMILES string of the molecule is CCCCC(C)(C)C(=O)OI. The molecule has 0 aromatic heterocycles. The van der Waals surface area contributed by atoms with Crippen LogP contribution in [0.2, 0.25) is 0 Å². The summed E-state index contributed by atoms with van der Waals surface area (Å²) in [5, 5.41) is 0. The van der Waals surface area contributed by atoms with Gasteiger partial charge in [0.05, 0.1) is 5.41 Å². The Morgan fingerprint density at radius 1 is 1.55 bits per heavy atom. The van der Waals surface area contributed by atoms with Gasteiger partial charge in [-0.25, -0.2) is 0 Å². The molecule has 0 atom stereocenters. The predicted octanol–water partition coefficient (Wildman–Crippen LogP) is 3.10. The second kappa shape index (κ2) is 4.95. The molecule has 0 heterocycles. The summed E-state index contributed by atoms with van der Waals surface area (Å²) >= 11 is 1.64. The molecule has 0 aliphatic carbocycles. The zero-order valence-corrected chi connectivity index (χ0v) is 9.47. The highest BCUT2D eigenvalue weighted by Crippen LogP contribution is 2.25. The molecule has 0 aromatic carbocycles. The lowest BCUT2D eigenvalue weighted by atomic mass is 9.88. The maximum absolute atomic E-state index is 11.1. The second-order valence-corrected chi connectivity index (χ2v) is 3.79. The zero-order valence-electron chi connectivity index (χ0n) is 7.32. The number of hydrogen-bond acceptors (Lipinski definition) is 2. The Morgan fingerprint density at radius 3 is 2.45 bits per heavy atom. The van der Waals surface area contributed by atoms with Gasteiger partial charge in [0.25, 0.3) is 0 Å². The standard InChI is InChI=1S/C8H15IO2/c1-4-5-6-8(2,3)7(10)11-9/h4-6H2,1-3H3. The van der Waals surface area contributed by atoms with Gasteiger partial charge in [0.1, 0.15) is 0 Å². The number of halogens is 1. The lowest BCUT2D eigenvalue weighted by Gasteiger charge is -2.19. The summed E-state index contributed by atoms with van der Waals surface area (Å²) in [5.74, 6) is -0.119. The molecule has 0 aromatic rings. The highest BCUT2D eigenvalue weighted by molar-refractivity contribution is 14.1. The summed E-state index contributed by atoms with van der Waals surface area (Å²) in [7, 11) is 0. The highest BCUT2D eigenvalue weighted by atomic mass is 127. The van der Waals surface area contributed by atoms with Gasteiger partial charge in [-0.1, -0.05) is 19.8 Å². The minimum absolute atomic E-state index is 0.119. The second-order valence-electron chi connectivity index (χ2n) is 3.35. The van der Waals surface area contributed by atoms with Crippen molar-refractivity contribution in [3.8, 4) is 0 Å². The van der Waals surface area contributed by atoms with Crippen molar-refractivity contribution in [3.05, 3.63) is 0 Å². The molecule has 0 rings (SSSR count). The van der Waals surface area contributed by atoms with Crippen LogP contribution in [0, 0.1) is 5.41 Å². The van der Waals surface area contributed by atoms with Crippen LogP contribution in [0.5, 0.6) is 0 Å². The molecule has 0 aliphatic rings. The van der Waals surface area contributed by atoms with Gasteiger partial charge in [-0.05, 0) is 20.3 Å². The first-order valence-corrected chi connectivity index (χ1v) is 4.75. The number of hydrogen-bond donors (Lipinski definition) is 0. The summed E-state index contributed by atoms with van der Waals surface area (Å²) in [5.41, 5.74) is -0.308. The molecule has 0 amide bonds. The minimum atomic E-state index is -0.308. The zero-order chi connectivity index (χ0) is 8.91. The summed E-state index contributed by atoms with van der Waals surface area (Å²) < 4.78 is 4.64. The normalized spacial score (nSPS) is 11.3. The van der Waals surface area contributed by atoms with E-state index in [4.69, 9.17) is 0 Å². The molecule has 0 N–H and O–H groups in total. The topological polar surface area (TPSA) is 26.3 Å². The van der Waals surface area contributed by atoms with Crippen LogP contribution in [0.25, 0.3) is 0 Å². The Labute approximate surface area is 82.4 Å². The molecule has 66 valence electrons. The Bertz CT molecular complexity index is 132. The molecule has 2 nitrogen and oxygen atoms in total. The van der Waals surface area contributed by atoms with E-state index < -0.39 is 0 Å². The van der Waals surface area contributed by atoms with Crippen molar-refractivity contribution in [1.29, 1.82) is 0 Å². The van der Waals surface area contributed by atoms with E-state index in [0.29, 0.717) is 0 Å². The average Bonchev–Trinajstić information content (AvgIpc) is 1.99. The maximum atomic E-state index is 11.1. The van der Waals surface area contributed by atoms with Gasteiger partial charge in [-0.2, -0.15) is 0 Å². The van der Waals surface area contributed by atoms with E-state index in [2.05, 4.69) is 9.99 Å². The molecule has 0 bridgehead atoms. The number of rotatable bonds is 4. The van der Waals surface area contributed by atoms with Crippen molar-refractivity contribution in [3.63, 3.8) is 0 Å². The van der Waals surface area contributed by atoms with Crippen molar-refractivity contribution in [1.82, 2.24) is 0 Å². The first-order chi connectivity index (χ1) is 5.04. The molecule has 0 aliphatic heterocycles. The monoisotopic (exact) mass is 270 g/mol. The quantitative estimate of drug-likeness (QED) is 0.734. The fourth-order valence-electron chi connectivity index (χ4n) is 0.825. The first-order valence-electron chi connectivity index (χ1n) is 3.87. The molecular formula is C8H15IO2.